The van der Waals surface area contributed by atoms with Crippen molar-refractivity contribution < 1.29 is 23.8 Å². The number of carboxylic acid groups (broad SMARTS) is 1. The van der Waals surface area contributed by atoms with Crippen LogP contribution in [0.15, 0.2) is 24.4 Å². The molecule has 0 radical (unpaired) electrons. The van der Waals surface area contributed by atoms with Crippen molar-refractivity contribution in [3.63, 3.8) is 0 Å². The second-order valence-corrected chi connectivity index (χ2v) is 6.42. The first-order valence-corrected chi connectivity index (χ1v) is 7.98. The van der Waals surface area contributed by atoms with Crippen LogP contribution < -0.4 is 10.1 Å². The van der Waals surface area contributed by atoms with E-state index in [1.807, 2.05) is 13.8 Å². The van der Waals surface area contributed by atoms with Crippen LogP contribution in [0.1, 0.15) is 46.0 Å². The average molecular weight is 352 g/mol. The van der Waals surface area contributed by atoms with Crippen LogP contribution in [0.2, 0.25) is 0 Å². The molecule has 0 aliphatic heterocycles. The molecule has 2 N–H and O–H groups in total. The minimum absolute atomic E-state index is 0.00162. The number of hydrogen-bond acceptors (Lipinski definition) is 5. The fourth-order valence-electron chi connectivity index (χ4n) is 2.01. The number of carbonyl (C=O) groups is 2. The topological polar surface area (TPSA) is 88.5 Å². The van der Waals surface area contributed by atoms with Crippen LogP contribution in [0, 0.1) is 5.82 Å². The van der Waals surface area contributed by atoms with E-state index in [9.17, 15) is 19.1 Å². The van der Waals surface area contributed by atoms with Crippen LogP contribution in [0.5, 0.6) is 5.75 Å². The molecule has 1 unspecified atom stereocenters. The Balaban J connectivity index is 2.23. The number of methoxy groups -OCH3 is 1. The normalized spacial score (nSPS) is 12.0. The first-order valence-electron chi connectivity index (χ1n) is 7.16. The maximum absolute atomic E-state index is 13.8. The van der Waals surface area contributed by atoms with Crippen LogP contribution in [-0.4, -0.2) is 29.1 Å². The van der Waals surface area contributed by atoms with E-state index in [0.717, 1.165) is 11.1 Å². The van der Waals surface area contributed by atoms with Crippen molar-refractivity contribution in [3.8, 4) is 5.75 Å². The molecule has 0 aliphatic carbocycles. The van der Waals surface area contributed by atoms with Crippen molar-refractivity contribution in [2.75, 3.05) is 7.11 Å². The number of thiazole rings is 1. The molecule has 0 aliphatic rings. The number of carboxylic acids is 1. The monoisotopic (exact) mass is 352 g/mol. The Morgan fingerprint density at radius 2 is 2.08 bits per heavy atom. The van der Waals surface area contributed by atoms with Gasteiger partial charge in [-0.05, 0) is 17.7 Å². The van der Waals surface area contributed by atoms with E-state index in [-0.39, 0.29) is 17.2 Å². The summed E-state index contributed by atoms with van der Waals surface area (Å²) in [6.45, 7) is 3.89. The Morgan fingerprint density at radius 1 is 1.38 bits per heavy atom. The van der Waals surface area contributed by atoms with E-state index in [2.05, 4.69) is 10.3 Å². The number of aliphatic carboxylic acids is 1. The Morgan fingerprint density at radius 3 is 2.58 bits per heavy atom. The van der Waals surface area contributed by atoms with Crippen LogP contribution in [-0.2, 0) is 4.79 Å². The largest absolute Gasteiger partial charge is 0.494 e. The number of halogens is 1. The predicted molar refractivity (Wildman–Crippen MR) is 87.0 cm³/mol. The molecular weight excluding hydrogens is 335 g/mol. The molecule has 6 nitrogen and oxygen atoms in total. The van der Waals surface area contributed by atoms with E-state index < -0.39 is 23.7 Å². The molecule has 1 atom stereocenters. The van der Waals surface area contributed by atoms with Gasteiger partial charge in [-0.15, -0.1) is 11.3 Å². The Hall–Kier alpha value is -2.48. The highest BCUT2D eigenvalue weighted by Crippen LogP contribution is 2.24. The summed E-state index contributed by atoms with van der Waals surface area (Å²) in [5.41, 5.74) is 0.114. The SMILES string of the molecule is COc1ccc(C(NC(=O)c2cnc(C(C)C)s2)C(=O)O)cc1F. The van der Waals surface area contributed by atoms with Crippen LogP contribution >= 0.6 is 11.3 Å². The molecule has 128 valence electrons. The number of rotatable bonds is 6. The van der Waals surface area contributed by atoms with Crippen molar-refractivity contribution in [1.82, 2.24) is 10.3 Å². The van der Waals surface area contributed by atoms with Gasteiger partial charge in [0, 0.05) is 5.92 Å². The van der Waals surface area contributed by atoms with Gasteiger partial charge in [0.15, 0.2) is 17.6 Å². The Kier molecular flexibility index (Phi) is 5.50. The van der Waals surface area contributed by atoms with Crippen molar-refractivity contribution in [2.24, 2.45) is 0 Å². The predicted octanol–water partition coefficient (Wildman–Crippen LogP) is 2.97. The molecular formula is C16H17FN2O4S. The first-order chi connectivity index (χ1) is 11.3. The fraction of sp³-hybridized carbons (Fsp3) is 0.312. The molecule has 2 rings (SSSR count). The van der Waals surface area contributed by atoms with E-state index in [1.165, 1.54) is 36.8 Å². The zero-order valence-electron chi connectivity index (χ0n) is 13.4. The van der Waals surface area contributed by atoms with Crippen molar-refractivity contribution in [2.45, 2.75) is 25.8 Å². The summed E-state index contributed by atoms with van der Waals surface area (Å²) >= 11 is 1.20. The molecule has 1 aromatic carbocycles. The third-order valence-electron chi connectivity index (χ3n) is 3.27. The molecule has 1 heterocycles. The molecule has 0 spiro atoms. The maximum atomic E-state index is 13.8. The summed E-state index contributed by atoms with van der Waals surface area (Å²) in [7, 11) is 1.31. The first kappa shape index (κ1) is 17.9. The van der Waals surface area contributed by atoms with Gasteiger partial charge in [0.2, 0.25) is 0 Å². The van der Waals surface area contributed by atoms with Crippen molar-refractivity contribution in [1.29, 1.82) is 0 Å². The highest BCUT2D eigenvalue weighted by atomic mass is 32.1. The molecule has 2 aromatic rings. The number of benzene rings is 1. The molecule has 8 heteroatoms. The number of nitrogens with zero attached hydrogens (tertiary/aromatic N) is 1. The lowest BCUT2D eigenvalue weighted by atomic mass is 10.1. The van der Waals surface area contributed by atoms with Gasteiger partial charge in [-0.2, -0.15) is 0 Å². The number of aromatic nitrogens is 1. The maximum Gasteiger partial charge on any atom is 0.330 e. The van der Waals surface area contributed by atoms with E-state index in [4.69, 9.17) is 4.74 Å². The lowest BCUT2D eigenvalue weighted by Crippen LogP contribution is -2.33. The van der Waals surface area contributed by atoms with Gasteiger partial charge in [-0.3, -0.25) is 4.79 Å². The molecule has 24 heavy (non-hydrogen) atoms. The van der Waals surface area contributed by atoms with Gasteiger partial charge in [-0.1, -0.05) is 19.9 Å². The van der Waals surface area contributed by atoms with Crippen LogP contribution in [0.25, 0.3) is 0 Å². The van der Waals surface area contributed by atoms with E-state index >= 15 is 0 Å². The number of amides is 1. The van der Waals surface area contributed by atoms with Crippen LogP contribution in [0.3, 0.4) is 0 Å². The summed E-state index contributed by atoms with van der Waals surface area (Å²) in [4.78, 5) is 28.2. The quantitative estimate of drug-likeness (QED) is 0.834. The molecule has 0 saturated heterocycles. The zero-order chi connectivity index (χ0) is 17.9. The lowest BCUT2D eigenvalue weighted by molar-refractivity contribution is -0.139. The van der Waals surface area contributed by atoms with Gasteiger partial charge in [0.05, 0.1) is 18.3 Å². The second-order valence-electron chi connectivity index (χ2n) is 5.36. The van der Waals surface area contributed by atoms with Gasteiger partial charge < -0.3 is 15.2 Å². The Labute approximate surface area is 142 Å². The summed E-state index contributed by atoms with van der Waals surface area (Å²) in [5, 5.41) is 12.5. The third-order valence-corrected chi connectivity index (χ3v) is 4.57. The van der Waals surface area contributed by atoms with Crippen LogP contribution in [0.4, 0.5) is 4.39 Å². The Bertz CT molecular complexity index is 760. The highest BCUT2D eigenvalue weighted by Gasteiger charge is 2.25. The van der Waals surface area contributed by atoms with E-state index in [1.54, 1.807) is 0 Å². The summed E-state index contributed by atoms with van der Waals surface area (Å²) in [5.74, 6) is -2.39. The van der Waals surface area contributed by atoms with Gasteiger partial charge in [0.1, 0.15) is 4.88 Å². The number of nitrogens with one attached hydrogen (secondary N) is 1. The minimum atomic E-state index is -1.37. The van der Waals surface area contributed by atoms with Gasteiger partial charge >= 0.3 is 5.97 Å². The third kappa shape index (κ3) is 3.88. The van der Waals surface area contributed by atoms with Crippen molar-refractivity contribution in [3.05, 3.63) is 45.7 Å². The number of carbonyl (C=O) groups excluding carboxylic acids is 1. The molecule has 1 amide bonds. The number of hydrogen-bond donors (Lipinski definition) is 2. The minimum Gasteiger partial charge on any atom is -0.494 e. The van der Waals surface area contributed by atoms with Crippen molar-refractivity contribution >= 4 is 23.2 Å². The standard InChI is InChI=1S/C16H17FN2O4S/c1-8(2)15-18-7-12(24-15)14(20)19-13(16(21)22)9-4-5-11(23-3)10(17)6-9/h4-8,13H,1-3H3,(H,19,20)(H,21,22). The fourth-order valence-corrected chi connectivity index (χ4v) is 2.84. The lowest BCUT2D eigenvalue weighted by Gasteiger charge is -2.15. The zero-order valence-corrected chi connectivity index (χ0v) is 14.2. The second kappa shape index (κ2) is 7.39. The average Bonchev–Trinajstić information content (AvgIpc) is 3.02. The summed E-state index contributed by atoms with van der Waals surface area (Å²) in [6.07, 6.45) is 1.41. The number of ether oxygens (including phenoxy) is 1. The highest BCUT2D eigenvalue weighted by molar-refractivity contribution is 7.13. The molecule has 1 aromatic heterocycles. The molecule has 0 fully saturated rings. The van der Waals surface area contributed by atoms with E-state index in [0.29, 0.717) is 4.88 Å². The smallest absolute Gasteiger partial charge is 0.330 e. The van der Waals surface area contributed by atoms with Gasteiger partial charge in [-0.25, -0.2) is 14.2 Å². The summed E-state index contributed by atoms with van der Waals surface area (Å²) in [6, 6.07) is 2.37. The summed E-state index contributed by atoms with van der Waals surface area (Å²) < 4.78 is 18.6. The van der Waals surface area contributed by atoms with Gasteiger partial charge in [0.25, 0.3) is 5.91 Å². The molecule has 0 saturated carbocycles. The molecule has 0 bridgehead atoms.